The number of rotatable bonds is 8. The molecule has 116 valence electrons. The van der Waals surface area contributed by atoms with Gasteiger partial charge in [0, 0.05) is 12.4 Å². The quantitative estimate of drug-likeness (QED) is 0.453. The number of urea groups is 1. The molecular formula is C13H18ClN3O4. The van der Waals surface area contributed by atoms with Crippen LogP contribution in [0.15, 0.2) is 23.5 Å². The van der Waals surface area contributed by atoms with Crippen LogP contribution in [0, 0.1) is 4.91 Å². The number of nitroso groups, excluding NO2 is 1. The SMILES string of the molecule is COc1ccc(CCNC(=O)N(CCCl)N=O)cc1OC. The number of methoxy groups -OCH3 is 2. The molecule has 7 nitrogen and oxygen atoms in total. The largest absolute Gasteiger partial charge is 0.493 e. The molecule has 0 aliphatic heterocycles. The molecule has 8 heteroatoms. The van der Waals surface area contributed by atoms with Gasteiger partial charge in [-0.2, -0.15) is 5.01 Å². The highest BCUT2D eigenvalue weighted by Crippen LogP contribution is 2.27. The normalized spacial score (nSPS) is 9.86. The molecule has 0 fully saturated rings. The van der Waals surface area contributed by atoms with Crippen molar-refractivity contribution in [3.8, 4) is 11.5 Å². The summed E-state index contributed by atoms with van der Waals surface area (Å²) in [4.78, 5) is 22.0. The summed E-state index contributed by atoms with van der Waals surface area (Å²) < 4.78 is 10.3. The van der Waals surface area contributed by atoms with Crippen molar-refractivity contribution in [1.29, 1.82) is 0 Å². The van der Waals surface area contributed by atoms with E-state index in [-0.39, 0.29) is 12.4 Å². The van der Waals surface area contributed by atoms with E-state index < -0.39 is 6.03 Å². The van der Waals surface area contributed by atoms with Crippen molar-refractivity contribution in [2.75, 3.05) is 33.2 Å². The molecule has 0 saturated heterocycles. The lowest BCUT2D eigenvalue weighted by molar-refractivity contribution is 0.202. The van der Waals surface area contributed by atoms with Crippen molar-refractivity contribution in [1.82, 2.24) is 10.3 Å². The van der Waals surface area contributed by atoms with Gasteiger partial charge >= 0.3 is 6.03 Å². The zero-order valence-corrected chi connectivity index (χ0v) is 12.7. The van der Waals surface area contributed by atoms with Crippen LogP contribution in [0.4, 0.5) is 4.79 Å². The van der Waals surface area contributed by atoms with Crippen LogP contribution < -0.4 is 14.8 Å². The van der Waals surface area contributed by atoms with E-state index in [1.54, 1.807) is 20.3 Å². The van der Waals surface area contributed by atoms with Crippen molar-refractivity contribution in [2.45, 2.75) is 6.42 Å². The Morgan fingerprint density at radius 1 is 1.33 bits per heavy atom. The van der Waals surface area contributed by atoms with Crippen LogP contribution >= 0.6 is 11.6 Å². The highest BCUT2D eigenvalue weighted by molar-refractivity contribution is 6.18. The number of carbonyl (C=O) groups is 1. The number of halogens is 1. The summed E-state index contributed by atoms with van der Waals surface area (Å²) in [7, 11) is 3.12. The molecular weight excluding hydrogens is 298 g/mol. The van der Waals surface area contributed by atoms with E-state index in [0.29, 0.717) is 24.5 Å². The van der Waals surface area contributed by atoms with Crippen LogP contribution in [0.3, 0.4) is 0 Å². The number of hydrogen-bond acceptors (Lipinski definition) is 5. The van der Waals surface area contributed by atoms with E-state index in [4.69, 9.17) is 21.1 Å². The minimum atomic E-state index is -0.564. The highest BCUT2D eigenvalue weighted by atomic mass is 35.5. The summed E-state index contributed by atoms with van der Waals surface area (Å²) in [6.45, 7) is 0.440. The van der Waals surface area contributed by atoms with Crippen molar-refractivity contribution in [2.24, 2.45) is 5.29 Å². The Morgan fingerprint density at radius 3 is 2.62 bits per heavy atom. The Hall–Kier alpha value is -2.02. The Kier molecular flexibility index (Phi) is 7.31. The number of nitrogens with one attached hydrogen (secondary N) is 1. The fraction of sp³-hybridized carbons (Fsp3) is 0.462. The molecule has 0 spiro atoms. The number of ether oxygens (including phenoxy) is 2. The summed E-state index contributed by atoms with van der Waals surface area (Å²) in [5, 5.41) is 5.95. The van der Waals surface area contributed by atoms with E-state index in [1.165, 1.54) is 0 Å². The van der Waals surface area contributed by atoms with E-state index in [2.05, 4.69) is 10.6 Å². The monoisotopic (exact) mass is 315 g/mol. The zero-order valence-electron chi connectivity index (χ0n) is 12.0. The molecule has 1 N–H and O–H groups in total. The summed E-state index contributed by atoms with van der Waals surface area (Å²) in [5.74, 6) is 1.41. The Labute approximate surface area is 128 Å². The molecule has 2 amide bonds. The molecule has 0 saturated carbocycles. The van der Waals surface area contributed by atoms with Crippen LogP contribution in [0.5, 0.6) is 11.5 Å². The molecule has 1 aromatic carbocycles. The first-order valence-corrected chi connectivity index (χ1v) is 6.85. The fourth-order valence-corrected chi connectivity index (χ4v) is 1.86. The van der Waals surface area contributed by atoms with Crippen LogP contribution in [0.25, 0.3) is 0 Å². The first-order chi connectivity index (χ1) is 10.2. The average Bonchev–Trinajstić information content (AvgIpc) is 2.52. The van der Waals surface area contributed by atoms with Gasteiger partial charge < -0.3 is 14.8 Å². The summed E-state index contributed by atoms with van der Waals surface area (Å²) in [6, 6.07) is 4.94. The van der Waals surface area contributed by atoms with Crippen LogP contribution in [-0.2, 0) is 6.42 Å². The minimum absolute atomic E-state index is 0.0766. The van der Waals surface area contributed by atoms with Gasteiger partial charge in [-0.25, -0.2) is 4.79 Å². The molecule has 0 heterocycles. The van der Waals surface area contributed by atoms with E-state index in [1.807, 2.05) is 12.1 Å². The van der Waals surface area contributed by atoms with Crippen LogP contribution in [0.2, 0.25) is 0 Å². The summed E-state index contributed by atoms with van der Waals surface area (Å²) in [6.07, 6.45) is 0.583. The predicted molar refractivity (Wildman–Crippen MR) is 79.9 cm³/mol. The highest BCUT2D eigenvalue weighted by Gasteiger charge is 2.12. The predicted octanol–water partition coefficient (Wildman–Crippen LogP) is 2.18. The van der Waals surface area contributed by atoms with Gasteiger partial charge in [0.1, 0.15) is 0 Å². The number of benzene rings is 1. The lowest BCUT2D eigenvalue weighted by atomic mass is 10.1. The number of nitrogens with zero attached hydrogens (tertiary/aromatic N) is 2. The third kappa shape index (κ3) is 5.11. The Balaban J connectivity index is 2.52. The van der Waals surface area contributed by atoms with E-state index >= 15 is 0 Å². The van der Waals surface area contributed by atoms with Gasteiger partial charge in [0.25, 0.3) is 0 Å². The maximum Gasteiger partial charge on any atom is 0.340 e. The average molecular weight is 316 g/mol. The second-order valence-electron chi connectivity index (χ2n) is 4.07. The van der Waals surface area contributed by atoms with E-state index in [9.17, 15) is 9.70 Å². The first kappa shape index (κ1) is 17.0. The smallest absolute Gasteiger partial charge is 0.340 e. The molecule has 1 rings (SSSR count). The van der Waals surface area contributed by atoms with Crippen LogP contribution in [0.1, 0.15) is 5.56 Å². The number of hydrogen-bond donors (Lipinski definition) is 1. The zero-order chi connectivity index (χ0) is 15.7. The Bertz CT molecular complexity index is 484. The standard InChI is InChI=1S/C13H18ClN3O4/c1-20-11-4-3-10(9-12(11)21-2)5-7-15-13(18)17(16-19)8-6-14/h3-4,9H,5-8H2,1-2H3,(H,15,18). The van der Waals surface area contributed by atoms with Gasteiger partial charge in [-0.1, -0.05) is 6.07 Å². The topological polar surface area (TPSA) is 80.2 Å². The van der Waals surface area contributed by atoms with Gasteiger partial charge in [0.2, 0.25) is 0 Å². The number of amides is 2. The van der Waals surface area contributed by atoms with Crippen molar-refractivity contribution in [3.63, 3.8) is 0 Å². The van der Waals surface area contributed by atoms with Gasteiger partial charge in [0.05, 0.1) is 26.1 Å². The summed E-state index contributed by atoms with van der Waals surface area (Å²) in [5.41, 5.74) is 0.968. The molecule has 1 aromatic rings. The number of alkyl halides is 1. The fourth-order valence-electron chi connectivity index (χ4n) is 1.70. The molecule has 0 aromatic heterocycles. The lowest BCUT2D eigenvalue weighted by Crippen LogP contribution is -2.38. The van der Waals surface area contributed by atoms with Gasteiger partial charge in [-0.15, -0.1) is 16.5 Å². The maximum absolute atomic E-state index is 11.6. The molecule has 0 bridgehead atoms. The minimum Gasteiger partial charge on any atom is -0.493 e. The molecule has 21 heavy (non-hydrogen) atoms. The number of carbonyl (C=O) groups excluding carboxylic acids is 1. The second-order valence-corrected chi connectivity index (χ2v) is 4.44. The van der Waals surface area contributed by atoms with Gasteiger partial charge in [-0.3, -0.25) is 0 Å². The second kappa shape index (κ2) is 9.02. The van der Waals surface area contributed by atoms with E-state index in [0.717, 1.165) is 10.6 Å². The van der Waals surface area contributed by atoms with Gasteiger partial charge in [-0.05, 0) is 24.1 Å². The third-order valence-corrected chi connectivity index (χ3v) is 2.94. The van der Waals surface area contributed by atoms with Crippen LogP contribution in [-0.4, -0.2) is 44.2 Å². The van der Waals surface area contributed by atoms with Crippen molar-refractivity contribution >= 4 is 17.6 Å². The Morgan fingerprint density at radius 2 is 2.05 bits per heavy atom. The molecule has 0 unspecified atom stereocenters. The third-order valence-electron chi connectivity index (χ3n) is 2.77. The maximum atomic E-state index is 11.6. The summed E-state index contributed by atoms with van der Waals surface area (Å²) >= 11 is 5.46. The molecule has 0 aliphatic rings. The van der Waals surface area contributed by atoms with Gasteiger partial charge in [0.15, 0.2) is 11.5 Å². The van der Waals surface area contributed by atoms with Crippen molar-refractivity contribution < 1.29 is 14.3 Å². The molecule has 0 aliphatic carbocycles. The lowest BCUT2D eigenvalue weighted by Gasteiger charge is -2.13. The molecule has 0 radical (unpaired) electrons. The molecule has 0 atom stereocenters. The first-order valence-electron chi connectivity index (χ1n) is 6.31. The van der Waals surface area contributed by atoms with Crippen molar-refractivity contribution in [3.05, 3.63) is 28.7 Å².